The van der Waals surface area contributed by atoms with E-state index in [2.05, 4.69) is 48.3 Å². The van der Waals surface area contributed by atoms with Crippen LogP contribution in [0.1, 0.15) is 63.0 Å². The molecule has 2 aliphatic rings. The molecule has 1 saturated carbocycles. The highest BCUT2D eigenvalue weighted by Crippen LogP contribution is 2.24. The lowest BCUT2D eigenvalue weighted by molar-refractivity contribution is 0.240. The molecule has 2 fully saturated rings. The van der Waals surface area contributed by atoms with Crippen LogP contribution in [0.25, 0.3) is 0 Å². The molecule has 2 unspecified atom stereocenters. The zero-order valence-corrected chi connectivity index (χ0v) is 13.6. The van der Waals surface area contributed by atoms with Crippen molar-refractivity contribution in [3.63, 3.8) is 0 Å². The van der Waals surface area contributed by atoms with Gasteiger partial charge in [-0.1, -0.05) is 38.1 Å². The smallest absolute Gasteiger partial charge is 0.0236 e. The van der Waals surface area contributed by atoms with Crippen LogP contribution in [-0.4, -0.2) is 30.1 Å². The fraction of sp³-hybridized carbons (Fsp3) is 0.684. The van der Waals surface area contributed by atoms with Crippen LogP contribution in [0.3, 0.4) is 0 Å². The number of hydrogen-bond acceptors (Lipinski definition) is 2. The maximum absolute atomic E-state index is 3.63. The van der Waals surface area contributed by atoms with Crippen LogP contribution in [0.15, 0.2) is 24.3 Å². The van der Waals surface area contributed by atoms with Gasteiger partial charge in [-0.05, 0) is 55.7 Å². The van der Waals surface area contributed by atoms with E-state index in [9.17, 15) is 0 Å². The quantitative estimate of drug-likeness (QED) is 0.817. The lowest BCUT2D eigenvalue weighted by Gasteiger charge is -2.23. The summed E-state index contributed by atoms with van der Waals surface area (Å²) < 4.78 is 0. The van der Waals surface area contributed by atoms with Crippen LogP contribution in [0, 0.1) is 0 Å². The lowest BCUT2D eigenvalue weighted by atomic mass is 9.99. The average molecular weight is 286 g/mol. The van der Waals surface area contributed by atoms with Crippen molar-refractivity contribution >= 4 is 0 Å². The molecule has 0 amide bonds. The maximum Gasteiger partial charge on any atom is 0.0236 e. The second kappa shape index (κ2) is 6.93. The van der Waals surface area contributed by atoms with Gasteiger partial charge in [0.2, 0.25) is 0 Å². The summed E-state index contributed by atoms with van der Waals surface area (Å²) in [4.78, 5) is 2.66. The monoisotopic (exact) mass is 286 g/mol. The van der Waals surface area contributed by atoms with Crippen LogP contribution in [0.4, 0.5) is 0 Å². The first kappa shape index (κ1) is 15.1. The van der Waals surface area contributed by atoms with Crippen LogP contribution in [0.2, 0.25) is 0 Å². The topological polar surface area (TPSA) is 15.3 Å². The van der Waals surface area contributed by atoms with Gasteiger partial charge in [-0.2, -0.15) is 0 Å². The van der Waals surface area contributed by atoms with Crippen molar-refractivity contribution in [2.45, 2.75) is 70.5 Å². The van der Waals surface area contributed by atoms with Gasteiger partial charge in [0, 0.05) is 25.2 Å². The Morgan fingerprint density at radius 1 is 1.19 bits per heavy atom. The minimum absolute atomic E-state index is 0.620. The molecule has 1 saturated heterocycles. The lowest BCUT2D eigenvalue weighted by Crippen LogP contribution is -2.28. The van der Waals surface area contributed by atoms with Crippen molar-refractivity contribution in [2.75, 3.05) is 13.1 Å². The largest absolute Gasteiger partial charge is 0.313 e. The molecule has 2 heteroatoms. The number of hydrogen-bond donors (Lipinski definition) is 1. The molecular weight excluding hydrogens is 256 g/mol. The van der Waals surface area contributed by atoms with E-state index in [1.807, 2.05) is 0 Å². The van der Waals surface area contributed by atoms with E-state index >= 15 is 0 Å². The molecule has 1 aromatic rings. The second-order valence-corrected chi connectivity index (χ2v) is 7.00. The third-order valence-corrected chi connectivity index (χ3v) is 5.19. The van der Waals surface area contributed by atoms with Gasteiger partial charge >= 0.3 is 0 Å². The van der Waals surface area contributed by atoms with Crippen molar-refractivity contribution in [1.29, 1.82) is 0 Å². The Morgan fingerprint density at radius 2 is 1.95 bits per heavy atom. The van der Waals surface area contributed by atoms with Crippen LogP contribution >= 0.6 is 0 Å². The molecule has 0 bridgehead atoms. The molecular formula is C19H30N2. The van der Waals surface area contributed by atoms with Gasteiger partial charge in [-0.3, -0.25) is 4.90 Å². The van der Waals surface area contributed by atoms with Crippen molar-refractivity contribution in [3.05, 3.63) is 35.4 Å². The van der Waals surface area contributed by atoms with Gasteiger partial charge in [-0.15, -0.1) is 0 Å². The molecule has 1 aliphatic carbocycles. The van der Waals surface area contributed by atoms with E-state index in [1.54, 1.807) is 0 Å². The van der Waals surface area contributed by atoms with Crippen molar-refractivity contribution in [3.8, 4) is 0 Å². The van der Waals surface area contributed by atoms with Crippen molar-refractivity contribution in [1.82, 2.24) is 10.2 Å². The van der Waals surface area contributed by atoms with E-state index in [4.69, 9.17) is 0 Å². The van der Waals surface area contributed by atoms with Gasteiger partial charge in [0.1, 0.15) is 0 Å². The first-order valence-electron chi connectivity index (χ1n) is 8.82. The van der Waals surface area contributed by atoms with E-state index in [0.29, 0.717) is 5.92 Å². The van der Waals surface area contributed by atoms with Gasteiger partial charge in [0.25, 0.3) is 0 Å². The SMILES string of the molecule is CCC1CCCN1Cc1ccc(C(C)CNC2CC2)cc1. The number of likely N-dealkylation sites (tertiary alicyclic amines) is 1. The summed E-state index contributed by atoms with van der Waals surface area (Å²) in [6.07, 6.45) is 6.81. The number of nitrogens with zero attached hydrogens (tertiary/aromatic N) is 1. The Balaban J connectivity index is 1.53. The van der Waals surface area contributed by atoms with E-state index < -0.39 is 0 Å². The van der Waals surface area contributed by atoms with E-state index in [-0.39, 0.29) is 0 Å². The van der Waals surface area contributed by atoms with Crippen LogP contribution < -0.4 is 5.32 Å². The first-order chi connectivity index (χ1) is 10.3. The summed E-state index contributed by atoms with van der Waals surface area (Å²) >= 11 is 0. The summed E-state index contributed by atoms with van der Waals surface area (Å²) in [7, 11) is 0. The van der Waals surface area contributed by atoms with Crippen LogP contribution in [-0.2, 0) is 6.54 Å². The molecule has 0 aromatic heterocycles. The zero-order valence-electron chi connectivity index (χ0n) is 13.6. The molecule has 2 nitrogen and oxygen atoms in total. The standard InChI is InChI=1S/C19H30N2/c1-3-19-5-4-12-21(19)14-16-6-8-17(9-7-16)15(2)13-20-18-10-11-18/h6-9,15,18-20H,3-5,10-14H2,1-2H3. The fourth-order valence-electron chi connectivity index (χ4n) is 3.50. The molecule has 1 aliphatic heterocycles. The van der Waals surface area contributed by atoms with Crippen LogP contribution in [0.5, 0.6) is 0 Å². The van der Waals surface area contributed by atoms with Gasteiger partial charge in [0.05, 0.1) is 0 Å². The van der Waals surface area contributed by atoms with Gasteiger partial charge in [0.15, 0.2) is 0 Å². The van der Waals surface area contributed by atoms with Crippen molar-refractivity contribution in [2.24, 2.45) is 0 Å². The highest BCUT2D eigenvalue weighted by molar-refractivity contribution is 5.25. The Bertz CT molecular complexity index is 435. The second-order valence-electron chi connectivity index (χ2n) is 7.00. The number of rotatable bonds is 7. The summed E-state index contributed by atoms with van der Waals surface area (Å²) in [5.74, 6) is 0.620. The zero-order chi connectivity index (χ0) is 14.7. The third kappa shape index (κ3) is 4.08. The molecule has 0 spiro atoms. The highest BCUT2D eigenvalue weighted by Gasteiger charge is 2.23. The molecule has 0 radical (unpaired) electrons. The van der Waals surface area contributed by atoms with Crippen molar-refractivity contribution < 1.29 is 0 Å². The third-order valence-electron chi connectivity index (χ3n) is 5.19. The Morgan fingerprint density at radius 3 is 2.62 bits per heavy atom. The number of nitrogens with one attached hydrogen (secondary N) is 1. The molecule has 116 valence electrons. The molecule has 21 heavy (non-hydrogen) atoms. The summed E-state index contributed by atoms with van der Waals surface area (Å²) in [5.41, 5.74) is 2.95. The van der Waals surface area contributed by atoms with E-state index in [1.165, 1.54) is 49.8 Å². The first-order valence-corrected chi connectivity index (χ1v) is 8.82. The Labute approximate surface area is 129 Å². The molecule has 1 aromatic carbocycles. The molecule has 1 heterocycles. The summed E-state index contributed by atoms with van der Waals surface area (Å²) in [6.45, 7) is 8.18. The maximum atomic E-state index is 3.63. The minimum atomic E-state index is 0.620. The fourth-order valence-corrected chi connectivity index (χ4v) is 3.50. The molecule has 3 rings (SSSR count). The normalized spacial score (nSPS) is 24.4. The van der Waals surface area contributed by atoms with Gasteiger partial charge in [-0.25, -0.2) is 0 Å². The predicted molar refractivity (Wildman–Crippen MR) is 89.6 cm³/mol. The Kier molecular flexibility index (Phi) is 4.97. The van der Waals surface area contributed by atoms with Gasteiger partial charge < -0.3 is 5.32 Å². The van der Waals surface area contributed by atoms with E-state index in [0.717, 1.165) is 25.2 Å². The molecule has 2 atom stereocenters. The summed E-state index contributed by atoms with van der Waals surface area (Å²) in [6, 6.07) is 11.0. The highest BCUT2D eigenvalue weighted by atomic mass is 15.2. The summed E-state index contributed by atoms with van der Waals surface area (Å²) in [5, 5.41) is 3.63. The average Bonchev–Trinajstić information content (AvgIpc) is 3.24. The predicted octanol–water partition coefficient (Wildman–Crippen LogP) is 3.92. The molecule has 1 N–H and O–H groups in total. The minimum Gasteiger partial charge on any atom is -0.313 e. The number of benzene rings is 1. The Hall–Kier alpha value is -0.860.